The SMILES string of the molecule is CCC(C)C1COC(=O)N1C1CCN(C(=O)c2cc(C)nn2C(C)(C)C)CC1. The van der Waals surface area contributed by atoms with Gasteiger partial charge in [-0.3, -0.25) is 14.4 Å². The molecule has 0 saturated carbocycles. The first kappa shape index (κ1) is 20.7. The molecule has 2 unspecified atom stereocenters. The van der Waals surface area contributed by atoms with Gasteiger partial charge in [0.2, 0.25) is 0 Å². The van der Waals surface area contributed by atoms with Crippen molar-refractivity contribution in [3.8, 4) is 0 Å². The average molecular weight is 391 g/mol. The topological polar surface area (TPSA) is 67.7 Å². The van der Waals surface area contributed by atoms with Crippen molar-refractivity contribution in [3.63, 3.8) is 0 Å². The highest BCUT2D eigenvalue weighted by Crippen LogP contribution is 2.29. The summed E-state index contributed by atoms with van der Waals surface area (Å²) in [5, 5.41) is 4.52. The van der Waals surface area contributed by atoms with Crippen LogP contribution in [0.15, 0.2) is 6.07 Å². The molecule has 7 heteroatoms. The quantitative estimate of drug-likeness (QED) is 0.790. The van der Waals surface area contributed by atoms with Crippen LogP contribution in [-0.4, -0.2) is 63.4 Å². The van der Waals surface area contributed by atoms with E-state index in [1.165, 1.54) is 0 Å². The maximum Gasteiger partial charge on any atom is 0.410 e. The molecule has 0 spiro atoms. The van der Waals surface area contributed by atoms with Crippen LogP contribution >= 0.6 is 0 Å². The zero-order valence-electron chi connectivity index (χ0n) is 18.1. The highest BCUT2D eigenvalue weighted by atomic mass is 16.6. The second-order valence-electron chi connectivity index (χ2n) is 9.21. The van der Waals surface area contributed by atoms with E-state index in [9.17, 15) is 9.59 Å². The number of likely N-dealkylation sites (tertiary alicyclic amines) is 1. The summed E-state index contributed by atoms with van der Waals surface area (Å²) in [5.74, 6) is 0.437. The molecule has 0 aromatic carbocycles. The Morgan fingerprint density at radius 1 is 1.32 bits per heavy atom. The predicted molar refractivity (Wildman–Crippen MR) is 107 cm³/mol. The van der Waals surface area contributed by atoms with Gasteiger partial charge in [-0.2, -0.15) is 5.10 Å². The lowest BCUT2D eigenvalue weighted by Gasteiger charge is -2.39. The number of aromatic nitrogens is 2. The molecule has 2 saturated heterocycles. The number of nitrogens with zero attached hydrogens (tertiary/aromatic N) is 4. The fourth-order valence-corrected chi connectivity index (χ4v) is 4.25. The molecule has 2 aliphatic heterocycles. The molecule has 1 aromatic heterocycles. The van der Waals surface area contributed by atoms with Crippen molar-refractivity contribution >= 4 is 12.0 Å². The first-order chi connectivity index (χ1) is 13.1. The Bertz CT molecular complexity index is 728. The molecular formula is C21H34N4O3. The van der Waals surface area contributed by atoms with Crippen molar-refractivity contribution in [1.82, 2.24) is 19.6 Å². The van der Waals surface area contributed by atoms with E-state index < -0.39 is 0 Å². The maximum absolute atomic E-state index is 13.2. The number of carbonyl (C=O) groups excluding carboxylic acids is 2. The van der Waals surface area contributed by atoms with E-state index in [1.807, 2.05) is 27.5 Å². The Morgan fingerprint density at radius 3 is 2.54 bits per heavy atom. The molecule has 3 rings (SSSR count). The van der Waals surface area contributed by atoms with Crippen molar-refractivity contribution in [3.05, 3.63) is 17.5 Å². The Hall–Kier alpha value is -2.05. The minimum absolute atomic E-state index is 0.0245. The van der Waals surface area contributed by atoms with Gasteiger partial charge >= 0.3 is 6.09 Å². The van der Waals surface area contributed by atoms with E-state index in [0.29, 0.717) is 31.3 Å². The third-order valence-electron chi connectivity index (χ3n) is 6.08. The zero-order valence-corrected chi connectivity index (χ0v) is 18.1. The molecule has 3 heterocycles. The van der Waals surface area contributed by atoms with Gasteiger partial charge < -0.3 is 9.64 Å². The van der Waals surface area contributed by atoms with E-state index in [-0.39, 0.29) is 29.6 Å². The number of rotatable bonds is 4. The van der Waals surface area contributed by atoms with Gasteiger partial charge in [0, 0.05) is 19.1 Å². The molecule has 28 heavy (non-hydrogen) atoms. The third-order valence-corrected chi connectivity index (χ3v) is 6.08. The number of cyclic esters (lactones) is 1. The van der Waals surface area contributed by atoms with Crippen LogP contribution in [0.1, 0.15) is 70.1 Å². The summed E-state index contributed by atoms with van der Waals surface area (Å²) in [6, 6.07) is 2.17. The third kappa shape index (κ3) is 3.89. The highest BCUT2D eigenvalue weighted by Gasteiger charge is 2.42. The minimum atomic E-state index is -0.250. The molecule has 2 aliphatic rings. The smallest absolute Gasteiger partial charge is 0.410 e. The maximum atomic E-state index is 13.2. The summed E-state index contributed by atoms with van der Waals surface area (Å²) in [5.41, 5.74) is 1.24. The second kappa shape index (κ2) is 7.76. The monoisotopic (exact) mass is 390 g/mol. The Morgan fingerprint density at radius 2 is 1.96 bits per heavy atom. The van der Waals surface area contributed by atoms with Crippen molar-refractivity contribution in [2.75, 3.05) is 19.7 Å². The predicted octanol–water partition coefficient (Wildman–Crippen LogP) is 3.42. The van der Waals surface area contributed by atoms with Gasteiger partial charge in [-0.25, -0.2) is 4.79 Å². The molecule has 0 aliphatic carbocycles. The summed E-state index contributed by atoms with van der Waals surface area (Å²) >= 11 is 0. The van der Waals surface area contributed by atoms with Crippen LogP contribution in [0.3, 0.4) is 0 Å². The first-order valence-corrected chi connectivity index (χ1v) is 10.4. The van der Waals surface area contributed by atoms with Gasteiger partial charge in [-0.1, -0.05) is 20.3 Å². The lowest BCUT2D eigenvalue weighted by Crippen LogP contribution is -2.51. The van der Waals surface area contributed by atoms with Gasteiger partial charge in [-0.05, 0) is 52.5 Å². The van der Waals surface area contributed by atoms with Crippen LogP contribution in [0.4, 0.5) is 4.79 Å². The van der Waals surface area contributed by atoms with E-state index >= 15 is 0 Å². The van der Waals surface area contributed by atoms with Crippen LogP contribution in [0.25, 0.3) is 0 Å². The van der Waals surface area contributed by atoms with Crippen molar-refractivity contribution in [2.45, 2.75) is 78.4 Å². The zero-order chi connectivity index (χ0) is 20.6. The van der Waals surface area contributed by atoms with E-state index in [2.05, 4.69) is 39.7 Å². The van der Waals surface area contributed by atoms with Crippen LogP contribution < -0.4 is 0 Å². The highest BCUT2D eigenvalue weighted by molar-refractivity contribution is 5.93. The Labute approximate surface area is 168 Å². The number of amides is 2. The summed E-state index contributed by atoms with van der Waals surface area (Å²) in [4.78, 5) is 29.3. The summed E-state index contributed by atoms with van der Waals surface area (Å²) in [6.45, 7) is 14.2. The van der Waals surface area contributed by atoms with Gasteiger partial charge in [-0.15, -0.1) is 0 Å². The Kier molecular flexibility index (Phi) is 5.73. The van der Waals surface area contributed by atoms with Crippen molar-refractivity contribution in [1.29, 1.82) is 0 Å². The van der Waals surface area contributed by atoms with Crippen LogP contribution in [0, 0.1) is 12.8 Å². The first-order valence-electron chi connectivity index (χ1n) is 10.4. The van der Waals surface area contributed by atoms with E-state index in [0.717, 1.165) is 25.0 Å². The van der Waals surface area contributed by atoms with Crippen LogP contribution in [0.5, 0.6) is 0 Å². The molecule has 0 bridgehead atoms. The molecule has 1 aromatic rings. The molecule has 0 N–H and O–H groups in total. The summed E-state index contributed by atoms with van der Waals surface area (Å²) in [6.07, 6.45) is 2.40. The van der Waals surface area contributed by atoms with Gasteiger partial charge in [0.15, 0.2) is 0 Å². The molecular weight excluding hydrogens is 356 g/mol. The fraction of sp³-hybridized carbons (Fsp3) is 0.762. The molecule has 0 radical (unpaired) electrons. The van der Waals surface area contributed by atoms with Gasteiger partial charge in [0.25, 0.3) is 5.91 Å². The average Bonchev–Trinajstić information content (AvgIpc) is 3.23. The number of ether oxygens (including phenoxy) is 1. The van der Waals surface area contributed by atoms with Crippen LogP contribution in [-0.2, 0) is 10.3 Å². The number of piperidine rings is 1. The van der Waals surface area contributed by atoms with Gasteiger partial charge in [0.05, 0.1) is 17.3 Å². The van der Waals surface area contributed by atoms with E-state index in [1.54, 1.807) is 0 Å². The number of hydrogen-bond donors (Lipinski definition) is 0. The fourth-order valence-electron chi connectivity index (χ4n) is 4.25. The van der Waals surface area contributed by atoms with Crippen molar-refractivity contribution in [2.24, 2.45) is 5.92 Å². The second-order valence-corrected chi connectivity index (χ2v) is 9.21. The summed E-state index contributed by atoms with van der Waals surface area (Å²) in [7, 11) is 0. The minimum Gasteiger partial charge on any atom is -0.447 e. The van der Waals surface area contributed by atoms with Crippen LogP contribution in [0.2, 0.25) is 0 Å². The molecule has 2 atom stereocenters. The largest absolute Gasteiger partial charge is 0.447 e. The standard InChI is InChI=1S/C21H34N4O3/c1-7-14(2)18-13-28-20(27)24(18)16-8-10-23(11-9-16)19(26)17-12-15(3)22-25(17)21(4,5)6/h12,14,16,18H,7-11,13H2,1-6H3. The normalized spacial score (nSPS) is 22.5. The Balaban J connectivity index is 1.69. The molecule has 7 nitrogen and oxygen atoms in total. The summed E-state index contributed by atoms with van der Waals surface area (Å²) < 4.78 is 7.18. The van der Waals surface area contributed by atoms with E-state index in [4.69, 9.17) is 4.74 Å². The molecule has 2 fully saturated rings. The number of aryl methyl sites for hydroxylation is 1. The van der Waals surface area contributed by atoms with Gasteiger partial charge in [0.1, 0.15) is 12.3 Å². The molecule has 2 amide bonds. The molecule has 156 valence electrons. The number of hydrogen-bond acceptors (Lipinski definition) is 4. The number of carbonyl (C=O) groups is 2. The lowest BCUT2D eigenvalue weighted by atomic mass is 9.95. The van der Waals surface area contributed by atoms with Crippen molar-refractivity contribution < 1.29 is 14.3 Å². The lowest BCUT2D eigenvalue weighted by molar-refractivity contribution is 0.0597.